The van der Waals surface area contributed by atoms with E-state index in [-0.39, 0.29) is 5.04 Å². The molecule has 0 fully saturated rings. The number of carboxylic acids is 1. The van der Waals surface area contributed by atoms with Crippen LogP contribution in [0, 0.1) is 11.8 Å². The van der Waals surface area contributed by atoms with Gasteiger partial charge in [0.15, 0.2) is 8.32 Å². The van der Waals surface area contributed by atoms with E-state index < -0.39 is 14.3 Å². The van der Waals surface area contributed by atoms with E-state index in [0.717, 1.165) is 0 Å². The van der Waals surface area contributed by atoms with Crippen molar-refractivity contribution in [1.82, 2.24) is 0 Å². The molecule has 0 saturated heterocycles. The Morgan fingerprint density at radius 3 is 2.33 bits per heavy atom. The number of carboxylic acid groups (broad SMARTS) is 1. The van der Waals surface area contributed by atoms with Gasteiger partial charge in [0.2, 0.25) is 0 Å². The van der Waals surface area contributed by atoms with Gasteiger partial charge in [-0.15, -0.1) is 0 Å². The Kier molecular flexibility index (Phi) is 5.05. The van der Waals surface area contributed by atoms with Crippen molar-refractivity contribution < 1.29 is 14.3 Å². The Labute approximate surface area is 93.0 Å². The molecule has 0 unspecified atom stereocenters. The van der Waals surface area contributed by atoms with Crippen LogP contribution in [0.3, 0.4) is 0 Å². The highest BCUT2D eigenvalue weighted by atomic mass is 28.4. The van der Waals surface area contributed by atoms with Crippen LogP contribution in [0.1, 0.15) is 27.2 Å². The van der Waals surface area contributed by atoms with Crippen LogP contribution in [0.2, 0.25) is 18.1 Å². The fourth-order valence-corrected chi connectivity index (χ4v) is 1.76. The Bertz CT molecular complexity index is 278. The molecule has 0 aliphatic rings. The van der Waals surface area contributed by atoms with Crippen LogP contribution in [0.25, 0.3) is 0 Å². The third-order valence-electron chi connectivity index (χ3n) is 2.69. The molecule has 0 saturated carbocycles. The Hall–Kier alpha value is -0.793. The second-order valence-corrected chi connectivity index (χ2v) is 9.77. The van der Waals surface area contributed by atoms with Crippen molar-refractivity contribution in [3.8, 4) is 11.8 Å². The van der Waals surface area contributed by atoms with Gasteiger partial charge in [-0.2, -0.15) is 0 Å². The van der Waals surface area contributed by atoms with E-state index in [2.05, 4.69) is 45.7 Å². The summed E-state index contributed by atoms with van der Waals surface area (Å²) in [7, 11) is -1.70. The van der Waals surface area contributed by atoms with E-state index in [4.69, 9.17) is 9.53 Å². The van der Waals surface area contributed by atoms with Crippen molar-refractivity contribution in [2.45, 2.75) is 45.3 Å². The number of rotatable bonds is 3. The van der Waals surface area contributed by atoms with Gasteiger partial charge in [-0.25, -0.2) is 4.79 Å². The molecule has 0 rings (SSSR count). The lowest BCUT2D eigenvalue weighted by Gasteiger charge is -2.35. The molecular weight excluding hydrogens is 208 g/mol. The first-order valence-electron chi connectivity index (χ1n) is 5.02. The zero-order chi connectivity index (χ0) is 12.1. The topological polar surface area (TPSA) is 46.5 Å². The predicted octanol–water partition coefficient (Wildman–Crippen LogP) is 2.49. The predicted molar refractivity (Wildman–Crippen MR) is 63.2 cm³/mol. The standard InChI is InChI=1S/C11H20O3Si/c1-11(2,3)15(4,5)14-9-7-6-8-10(12)13/h7,9H2,1-5H3,(H,12,13). The molecule has 3 nitrogen and oxygen atoms in total. The van der Waals surface area contributed by atoms with Gasteiger partial charge in [-0.1, -0.05) is 26.7 Å². The molecule has 0 aliphatic heterocycles. The van der Waals surface area contributed by atoms with E-state index in [1.165, 1.54) is 0 Å². The lowest BCUT2D eigenvalue weighted by atomic mass is 10.2. The maximum atomic E-state index is 10.1. The zero-order valence-corrected chi connectivity index (χ0v) is 11.2. The Morgan fingerprint density at radius 2 is 1.93 bits per heavy atom. The number of aliphatic carboxylic acids is 1. The summed E-state index contributed by atoms with van der Waals surface area (Å²) in [5.41, 5.74) is 0. The minimum atomic E-state index is -1.70. The van der Waals surface area contributed by atoms with Crippen LogP contribution in [-0.4, -0.2) is 26.0 Å². The number of carbonyl (C=O) groups is 1. The summed E-state index contributed by atoms with van der Waals surface area (Å²) in [5, 5.41) is 8.48. The minimum absolute atomic E-state index is 0.188. The van der Waals surface area contributed by atoms with E-state index >= 15 is 0 Å². The molecule has 0 amide bonds. The van der Waals surface area contributed by atoms with E-state index in [1.807, 2.05) is 0 Å². The summed E-state index contributed by atoms with van der Waals surface area (Å²) >= 11 is 0. The van der Waals surface area contributed by atoms with Crippen LogP contribution in [0.15, 0.2) is 0 Å². The van der Waals surface area contributed by atoms with Crippen molar-refractivity contribution in [2.24, 2.45) is 0 Å². The minimum Gasteiger partial charge on any atom is -0.472 e. The summed E-state index contributed by atoms with van der Waals surface area (Å²) in [6.07, 6.45) is 0.485. The van der Waals surface area contributed by atoms with Gasteiger partial charge < -0.3 is 9.53 Å². The van der Waals surface area contributed by atoms with Crippen LogP contribution in [-0.2, 0) is 9.22 Å². The monoisotopic (exact) mass is 228 g/mol. The molecule has 0 aliphatic carbocycles. The van der Waals surface area contributed by atoms with E-state index in [0.29, 0.717) is 13.0 Å². The van der Waals surface area contributed by atoms with Crippen LogP contribution >= 0.6 is 0 Å². The molecule has 0 spiro atoms. The molecule has 0 atom stereocenters. The van der Waals surface area contributed by atoms with E-state index in [9.17, 15) is 4.79 Å². The highest BCUT2D eigenvalue weighted by molar-refractivity contribution is 6.74. The van der Waals surface area contributed by atoms with Gasteiger partial charge in [0.05, 0.1) is 0 Å². The van der Waals surface area contributed by atoms with Crippen molar-refractivity contribution in [3.63, 3.8) is 0 Å². The molecule has 86 valence electrons. The molecular formula is C11H20O3Si. The average Bonchev–Trinajstić information content (AvgIpc) is 2.00. The van der Waals surface area contributed by atoms with Gasteiger partial charge in [0.25, 0.3) is 0 Å². The van der Waals surface area contributed by atoms with Crippen LogP contribution in [0.4, 0.5) is 0 Å². The normalized spacial score (nSPS) is 11.8. The van der Waals surface area contributed by atoms with Crippen molar-refractivity contribution in [3.05, 3.63) is 0 Å². The number of hydrogen-bond acceptors (Lipinski definition) is 2. The molecule has 15 heavy (non-hydrogen) atoms. The van der Waals surface area contributed by atoms with Crippen LogP contribution in [0.5, 0.6) is 0 Å². The number of hydrogen-bond donors (Lipinski definition) is 1. The second-order valence-electron chi connectivity index (χ2n) is 4.97. The maximum absolute atomic E-state index is 10.1. The van der Waals surface area contributed by atoms with E-state index in [1.54, 1.807) is 0 Å². The first-order chi connectivity index (χ1) is 6.67. The van der Waals surface area contributed by atoms with Crippen molar-refractivity contribution in [2.75, 3.05) is 6.61 Å². The molecule has 0 aromatic carbocycles. The summed E-state index contributed by atoms with van der Waals surface area (Å²) in [5.74, 6) is 3.55. The second kappa shape index (κ2) is 5.33. The fourth-order valence-electron chi connectivity index (χ4n) is 0.712. The Morgan fingerprint density at radius 1 is 1.40 bits per heavy atom. The average molecular weight is 228 g/mol. The summed E-state index contributed by atoms with van der Waals surface area (Å²) in [4.78, 5) is 10.1. The smallest absolute Gasteiger partial charge is 0.381 e. The van der Waals surface area contributed by atoms with Crippen LogP contribution < -0.4 is 0 Å². The lowest BCUT2D eigenvalue weighted by molar-refractivity contribution is -0.130. The van der Waals surface area contributed by atoms with Gasteiger partial charge in [0, 0.05) is 18.9 Å². The third kappa shape index (κ3) is 5.60. The maximum Gasteiger partial charge on any atom is 0.381 e. The Balaban J connectivity index is 3.98. The molecule has 4 heteroatoms. The first-order valence-corrected chi connectivity index (χ1v) is 7.93. The zero-order valence-electron chi connectivity index (χ0n) is 10.2. The lowest BCUT2D eigenvalue weighted by Crippen LogP contribution is -2.40. The van der Waals surface area contributed by atoms with Gasteiger partial charge in [-0.3, -0.25) is 0 Å². The highest BCUT2D eigenvalue weighted by Gasteiger charge is 2.36. The molecule has 0 aromatic heterocycles. The fraction of sp³-hybridized carbons (Fsp3) is 0.727. The van der Waals surface area contributed by atoms with Crippen molar-refractivity contribution >= 4 is 14.3 Å². The quantitative estimate of drug-likeness (QED) is 0.458. The molecule has 0 radical (unpaired) electrons. The van der Waals surface area contributed by atoms with Crippen molar-refractivity contribution in [1.29, 1.82) is 0 Å². The largest absolute Gasteiger partial charge is 0.472 e. The summed E-state index contributed by atoms with van der Waals surface area (Å²) in [6, 6.07) is 0. The molecule has 0 aromatic rings. The van der Waals surface area contributed by atoms with Gasteiger partial charge in [-0.05, 0) is 18.1 Å². The molecule has 0 bridgehead atoms. The summed E-state index contributed by atoms with van der Waals surface area (Å²) < 4.78 is 5.82. The third-order valence-corrected chi connectivity index (χ3v) is 7.23. The first kappa shape index (κ1) is 14.2. The molecule has 0 heterocycles. The highest BCUT2D eigenvalue weighted by Crippen LogP contribution is 2.36. The summed E-state index contributed by atoms with van der Waals surface area (Å²) in [6.45, 7) is 11.4. The van der Waals surface area contributed by atoms with Gasteiger partial charge >= 0.3 is 5.97 Å². The SMILES string of the molecule is CC(C)(C)[Si](C)(C)OCCC#CC(=O)O. The molecule has 1 N–H and O–H groups in total. The van der Waals surface area contributed by atoms with Gasteiger partial charge in [0.1, 0.15) is 0 Å².